The highest BCUT2D eigenvalue weighted by Crippen LogP contribution is 2.33. The summed E-state index contributed by atoms with van der Waals surface area (Å²) < 4.78 is 44.3. The Labute approximate surface area is 313 Å². The van der Waals surface area contributed by atoms with Gasteiger partial charge in [0.15, 0.2) is 0 Å². The molecule has 1 aromatic rings. The zero-order chi connectivity index (χ0) is 39.4. The van der Waals surface area contributed by atoms with E-state index in [9.17, 15) is 22.8 Å². The molecule has 3 heterocycles. The maximum absolute atomic E-state index is 13.8. The van der Waals surface area contributed by atoms with Crippen LogP contribution in [0, 0.1) is 0 Å². The highest BCUT2D eigenvalue weighted by atomic mass is 35.5. The van der Waals surface area contributed by atoms with Crippen LogP contribution in [0.2, 0.25) is 5.02 Å². The van der Waals surface area contributed by atoms with Gasteiger partial charge in [-0.1, -0.05) is 36.7 Å². The number of alkyl halides is 3. The number of benzene rings is 1. The quantitative estimate of drug-likeness (QED) is 0.106. The molecule has 1 aromatic carbocycles. The molecule has 1 fully saturated rings. The predicted octanol–water partition coefficient (Wildman–Crippen LogP) is 4.35. The lowest BCUT2D eigenvalue weighted by atomic mass is 10.1. The van der Waals surface area contributed by atoms with Crippen LogP contribution in [0.4, 0.5) is 13.2 Å². The van der Waals surface area contributed by atoms with Crippen LogP contribution in [0.25, 0.3) is 0 Å². The van der Waals surface area contributed by atoms with Crippen molar-refractivity contribution in [1.82, 2.24) is 25.0 Å². The molecule has 0 radical (unpaired) electrons. The molecule has 0 aromatic heterocycles. The second-order valence-corrected chi connectivity index (χ2v) is 11.8. The van der Waals surface area contributed by atoms with Crippen LogP contribution in [0.3, 0.4) is 0 Å². The van der Waals surface area contributed by atoms with Gasteiger partial charge in [0.05, 0.1) is 38.4 Å². The Kier molecular flexibility index (Phi) is 18.8. The molecule has 0 bridgehead atoms. The van der Waals surface area contributed by atoms with Crippen LogP contribution in [0.1, 0.15) is 30.9 Å². The van der Waals surface area contributed by atoms with Crippen molar-refractivity contribution < 1.29 is 32.3 Å². The fourth-order valence-electron chi connectivity index (χ4n) is 5.37. The third-order valence-corrected chi connectivity index (χ3v) is 8.42. The van der Waals surface area contributed by atoms with Crippen LogP contribution in [-0.4, -0.2) is 118 Å². The van der Waals surface area contributed by atoms with Gasteiger partial charge in [-0.15, -0.1) is 0 Å². The summed E-state index contributed by atoms with van der Waals surface area (Å²) in [5, 5.41) is 7.87. The largest absolute Gasteiger partial charge is 0.416 e. The van der Waals surface area contributed by atoms with Crippen molar-refractivity contribution in [1.29, 1.82) is 0 Å². The molecule has 0 unspecified atom stereocenters. The van der Waals surface area contributed by atoms with Gasteiger partial charge in [0.2, 0.25) is 6.41 Å². The summed E-state index contributed by atoms with van der Waals surface area (Å²) in [6.45, 7) is 16.4. The Balaban J connectivity index is 0.000000689. The van der Waals surface area contributed by atoms with Gasteiger partial charge in [0.1, 0.15) is 5.70 Å². The van der Waals surface area contributed by atoms with Gasteiger partial charge < -0.3 is 30.5 Å². The zero-order valence-electron chi connectivity index (χ0n) is 30.0. The van der Waals surface area contributed by atoms with Gasteiger partial charge in [-0.25, -0.2) is 5.01 Å². The number of nitrogens with zero attached hydrogens (tertiary/aromatic N) is 7. The van der Waals surface area contributed by atoms with Crippen LogP contribution in [0.15, 0.2) is 92.7 Å². The molecule has 4 rings (SSSR count). The Morgan fingerprint density at radius 1 is 1.15 bits per heavy atom. The number of aliphatic imine (C=N–C) groups is 2. The third kappa shape index (κ3) is 13.7. The maximum Gasteiger partial charge on any atom is 0.416 e. The van der Waals surface area contributed by atoms with E-state index in [0.717, 1.165) is 43.3 Å². The number of allylic oxidation sites excluding steroid dienone is 3. The smallest absolute Gasteiger partial charge is 0.390 e. The average molecular weight is 762 g/mol. The van der Waals surface area contributed by atoms with E-state index in [1.54, 1.807) is 36.5 Å². The summed E-state index contributed by atoms with van der Waals surface area (Å²) in [7, 11) is 1.70. The Bertz CT molecular complexity index is 1590. The number of piperazine rings is 1. The van der Waals surface area contributed by atoms with Crippen LogP contribution < -0.4 is 11.1 Å². The van der Waals surface area contributed by atoms with Gasteiger partial charge in [0, 0.05) is 74.8 Å². The number of nitrogens with two attached hydrogens (primary N) is 1. The van der Waals surface area contributed by atoms with Crippen LogP contribution in [-0.2, 0) is 31.8 Å². The van der Waals surface area contributed by atoms with Gasteiger partial charge in [0.25, 0.3) is 11.8 Å². The first-order chi connectivity index (χ1) is 25.4. The fraction of sp³-hybridized carbons (Fsp3) is 0.389. The molecule has 3 aliphatic rings. The zero-order valence-corrected chi connectivity index (χ0v) is 30.8. The Morgan fingerprint density at radius 2 is 1.83 bits per heavy atom. The minimum Gasteiger partial charge on any atom is -0.390 e. The number of carbonyl (C=O) groups excluding carboxylic acids is 3. The molecular formula is C36H47ClF3N9O4. The number of halogens is 4. The highest BCUT2D eigenvalue weighted by molar-refractivity contribution is 6.31. The van der Waals surface area contributed by atoms with Crippen LogP contribution >= 0.6 is 11.6 Å². The van der Waals surface area contributed by atoms with Crippen molar-refractivity contribution >= 4 is 50.0 Å². The summed E-state index contributed by atoms with van der Waals surface area (Å²) in [6.07, 6.45) is 8.00. The summed E-state index contributed by atoms with van der Waals surface area (Å²) in [5.74, 6) is -0.577. The number of carbonyl (C=O) groups is 3. The Hall–Kier alpha value is -5.22. The Morgan fingerprint density at radius 3 is 2.36 bits per heavy atom. The second kappa shape index (κ2) is 22.7. The minimum atomic E-state index is -4.54. The monoisotopic (exact) mass is 761 g/mol. The number of hydrazone groups is 1. The molecule has 1 saturated heterocycles. The van der Waals surface area contributed by atoms with Gasteiger partial charge in [-0.3, -0.25) is 24.4 Å². The summed E-state index contributed by atoms with van der Waals surface area (Å²) in [4.78, 5) is 48.5. The molecule has 3 N–H and O–H groups in total. The first kappa shape index (κ1) is 43.9. The van der Waals surface area contributed by atoms with E-state index in [1.807, 2.05) is 22.9 Å². The number of ether oxygens (including phenoxy) is 1. The van der Waals surface area contributed by atoms with Crippen molar-refractivity contribution in [3.05, 3.63) is 93.7 Å². The predicted molar refractivity (Wildman–Crippen MR) is 202 cm³/mol. The molecule has 288 valence electrons. The minimum absolute atomic E-state index is 0.0912. The molecule has 0 aliphatic carbocycles. The molecule has 0 spiro atoms. The standard InChI is InChI=1S/C28H33ClF3N7O2.C7H11NO.CH3NO/c1-5-24(34-3)25(27(41)39(35-4)19-20-8-9-22(17-23(20)29)28(30,31)32)37-13-15-38(16-14-37)26(40)21-7-6-11-36(18-21)12-10-33-2;1-8-6-7-2-4-9-5-3-7;2-1-3/h6-12,17,34H,2,4-5,13-16,18-19H2,1,3H3;2H,1,3-6H2;1H,(H2,2,3)/b12-10-,25-24+;;. The number of rotatable bonds is 12. The number of primary amides is 1. The number of amides is 3. The van der Waals surface area contributed by atoms with Crippen LogP contribution in [0.5, 0.6) is 0 Å². The van der Waals surface area contributed by atoms with Gasteiger partial charge in [-0.2, -0.15) is 18.3 Å². The molecule has 53 heavy (non-hydrogen) atoms. The van der Waals surface area contributed by atoms with E-state index >= 15 is 0 Å². The maximum atomic E-state index is 13.8. The number of hydrogen-bond acceptors (Lipinski definition) is 10. The summed E-state index contributed by atoms with van der Waals surface area (Å²) >= 11 is 6.14. The lowest BCUT2D eigenvalue weighted by molar-refractivity contribution is -0.137. The normalized spacial score (nSPS) is 16.1. The van der Waals surface area contributed by atoms with Crippen molar-refractivity contribution in [3.63, 3.8) is 0 Å². The molecule has 17 heteroatoms. The number of nitrogens with one attached hydrogen (secondary N) is 1. The SMILES string of the molecule is C=N/C=C\N1C=CC=C(C(=O)N2CCN(/C(C(=O)N(Cc3ccc(C(F)(F)F)cc3Cl)N=C)=C(\CC)NC)CC2)C1.C=NCC1=CCOCC1.NC=O. The van der Waals surface area contributed by atoms with Crippen molar-refractivity contribution in [2.45, 2.75) is 32.5 Å². The second-order valence-electron chi connectivity index (χ2n) is 11.4. The topological polar surface area (TPSA) is 149 Å². The first-order valence-electron chi connectivity index (χ1n) is 16.6. The number of hydrogen-bond donors (Lipinski definition) is 2. The van der Waals surface area contributed by atoms with E-state index in [4.69, 9.17) is 21.1 Å². The third-order valence-electron chi connectivity index (χ3n) is 8.07. The van der Waals surface area contributed by atoms with E-state index in [2.05, 4.69) is 52.4 Å². The van der Waals surface area contributed by atoms with E-state index < -0.39 is 17.6 Å². The van der Waals surface area contributed by atoms with Crippen molar-refractivity contribution in [2.24, 2.45) is 20.8 Å². The molecule has 13 nitrogen and oxygen atoms in total. The van der Waals surface area contributed by atoms with E-state index in [-0.39, 0.29) is 23.9 Å². The summed E-state index contributed by atoms with van der Waals surface area (Å²) in [5.41, 5.74) is 6.56. The first-order valence-corrected chi connectivity index (χ1v) is 16.9. The molecule has 3 amide bonds. The molecule has 0 atom stereocenters. The molecule has 0 saturated carbocycles. The fourth-order valence-corrected chi connectivity index (χ4v) is 5.61. The van der Waals surface area contributed by atoms with Gasteiger partial charge >= 0.3 is 6.18 Å². The average Bonchev–Trinajstić information content (AvgIpc) is 3.16. The van der Waals surface area contributed by atoms with Crippen molar-refractivity contribution in [2.75, 3.05) is 59.5 Å². The lowest BCUT2D eigenvalue weighted by Crippen LogP contribution is -2.51. The van der Waals surface area contributed by atoms with Gasteiger partial charge in [-0.05, 0) is 55.6 Å². The van der Waals surface area contributed by atoms with E-state index in [1.165, 1.54) is 11.6 Å². The molecular weight excluding hydrogens is 715 g/mol. The van der Waals surface area contributed by atoms with Crippen molar-refractivity contribution in [3.8, 4) is 0 Å². The highest BCUT2D eigenvalue weighted by Gasteiger charge is 2.33. The van der Waals surface area contributed by atoms with E-state index in [0.29, 0.717) is 61.7 Å². The lowest BCUT2D eigenvalue weighted by Gasteiger charge is -2.39. The summed E-state index contributed by atoms with van der Waals surface area (Å²) in [6, 6.07) is 2.96. The molecule has 3 aliphatic heterocycles.